The molecule has 1 spiro atoms. The highest BCUT2D eigenvalue weighted by Crippen LogP contribution is 2.35. The third-order valence-electron chi connectivity index (χ3n) is 5.99. The van der Waals surface area contributed by atoms with Crippen LogP contribution in [-0.4, -0.2) is 41.1 Å². The molecule has 1 unspecified atom stereocenters. The minimum absolute atomic E-state index is 0.150. The van der Waals surface area contributed by atoms with Gasteiger partial charge in [-0.05, 0) is 43.9 Å². The fraction of sp³-hybridized carbons (Fsp3) is 0.571. The van der Waals surface area contributed by atoms with Crippen LogP contribution < -0.4 is 5.32 Å². The van der Waals surface area contributed by atoms with Gasteiger partial charge < -0.3 is 15.1 Å². The lowest BCUT2D eigenvalue weighted by atomic mass is 9.85. The van der Waals surface area contributed by atoms with Crippen molar-refractivity contribution in [2.75, 3.05) is 18.4 Å². The molecular weight excluding hydrogens is 378 g/mol. The predicted molar refractivity (Wildman–Crippen MR) is 108 cm³/mol. The monoisotopic (exact) mass is 403 g/mol. The Morgan fingerprint density at radius 2 is 2.04 bits per heavy atom. The number of amides is 2. The van der Waals surface area contributed by atoms with Crippen LogP contribution in [0.1, 0.15) is 51.4 Å². The predicted octanol–water partition coefficient (Wildman–Crippen LogP) is 4.00. The van der Waals surface area contributed by atoms with Gasteiger partial charge >= 0.3 is 0 Å². The number of likely N-dealkylation sites (tertiary alicyclic amines) is 1. The molecule has 1 N–H and O–H groups in total. The van der Waals surface area contributed by atoms with E-state index in [-0.39, 0.29) is 17.7 Å². The number of benzene rings is 1. The van der Waals surface area contributed by atoms with Crippen LogP contribution in [0.25, 0.3) is 0 Å². The molecule has 28 heavy (non-hydrogen) atoms. The Balaban J connectivity index is 1.37. The minimum atomic E-state index is -0.566. The first-order valence-corrected chi connectivity index (χ1v) is 10.5. The first kappa shape index (κ1) is 19.2. The molecular formula is C21H26ClN3O3. The van der Waals surface area contributed by atoms with Crippen molar-refractivity contribution in [3.63, 3.8) is 0 Å². The minimum Gasteiger partial charge on any atom is -0.386 e. The zero-order valence-electron chi connectivity index (χ0n) is 16.0. The highest BCUT2D eigenvalue weighted by Gasteiger charge is 2.46. The molecule has 6 nitrogen and oxygen atoms in total. The van der Waals surface area contributed by atoms with Crippen LogP contribution in [-0.2, 0) is 14.4 Å². The Bertz CT molecular complexity index is 791. The summed E-state index contributed by atoms with van der Waals surface area (Å²) >= 11 is 5.97. The number of halogens is 1. The summed E-state index contributed by atoms with van der Waals surface area (Å²) in [7, 11) is 0. The second kappa shape index (κ2) is 8.11. The Morgan fingerprint density at radius 1 is 1.21 bits per heavy atom. The summed E-state index contributed by atoms with van der Waals surface area (Å²) in [5.41, 5.74) is 0.426. The first-order chi connectivity index (χ1) is 13.5. The topological polar surface area (TPSA) is 71.0 Å². The second-order valence-electron chi connectivity index (χ2n) is 8.15. The SMILES string of the molecule is O=C(Nc1cccc(Cl)c1)C1=NOC2(CCCN(C(=O)C3CCCCC3)C2)C1. The van der Waals surface area contributed by atoms with Crippen LogP contribution in [0.2, 0.25) is 5.02 Å². The molecule has 1 aliphatic carbocycles. The Morgan fingerprint density at radius 3 is 2.82 bits per heavy atom. The van der Waals surface area contributed by atoms with Gasteiger partial charge in [-0.2, -0.15) is 0 Å². The van der Waals surface area contributed by atoms with Crippen molar-refractivity contribution < 1.29 is 14.4 Å². The number of anilines is 1. The van der Waals surface area contributed by atoms with Crippen molar-refractivity contribution in [2.24, 2.45) is 11.1 Å². The second-order valence-corrected chi connectivity index (χ2v) is 8.59. The molecule has 150 valence electrons. The molecule has 1 saturated heterocycles. The average molecular weight is 404 g/mol. The molecule has 0 radical (unpaired) electrons. The van der Waals surface area contributed by atoms with E-state index in [0.717, 1.165) is 45.1 Å². The Labute approximate surface area is 170 Å². The third kappa shape index (κ3) is 4.17. The van der Waals surface area contributed by atoms with Crippen molar-refractivity contribution in [3.05, 3.63) is 29.3 Å². The maximum absolute atomic E-state index is 12.9. The van der Waals surface area contributed by atoms with Gasteiger partial charge in [-0.3, -0.25) is 9.59 Å². The van der Waals surface area contributed by atoms with Crippen LogP contribution in [0.4, 0.5) is 5.69 Å². The lowest BCUT2D eigenvalue weighted by Crippen LogP contribution is -2.52. The molecule has 2 aliphatic heterocycles. The van der Waals surface area contributed by atoms with E-state index in [1.807, 2.05) is 4.90 Å². The number of hydrogen-bond acceptors (Lipinski definition) is 4. The Hall–Kier alpha value is -2.08. The first-order valence-electron chi connectivity index (χ1n) is 10.2. The van der Waals surface area contributed by atoms with Crippen LogP contribution in [0.15, 0.2) is 29.4 Å². The molecule has 1 aromatic carbocycles. The quantitative estimate of drug-likeness (QED) is 0.829. The number of carbonyl (C=O) groups excluding carboxylic acids is 2. The number of hydrogen-bond donors (Lipinski definition) is 1. The van der Waals surface area contributed by atoms with E-state index in [1.54, 1.807) is 24.3 Å². The number of piperidine rings is 1. The van der Waals surface area contributed by atoms with Gasteiger partial charge in [0.15, 0.2) is 5.60 Å². The van der Waals surface area contributed by atoms with Crippen molar-refractivity contribution in [1.82, 2.24) is 4.90 Å². The van der Waals surface area contributed by atoms with Gasteiger partial charge in [-0.15, -0.1) is 0 Å². The lowest BCUT2D eigenvalue weighted by molar-refractivity contribution is -0.145. The van der Waals surface area contributed by atoms with E-state index >= 15 is 0 Å². The van der Waals surface area contributed by atoms with Gasteiger partial charge in [0.1, 0.15) is 5.71 Å². The molecule has 1 atom stereocenters. The van der Waals surface area contributed by atoms with Crippen molar-refractivity contribution in [2.45, 2.75) is 57.0 Å². The average Bonchev–Trinajstić information content (AvgIpc) is 3.11. The summed E-state index contributed by atoms with van der Waals surface area (Å²) in [4.78, 5) is 33.2. The molecule has 0 bridgehead atoms. The van der Waals surface area contributed by atoms with Gasteiger partial charge in [-0.1, -0.05) is 42.1 Å². The van der Waals surface area contributed by atoms with Crippen molar-refractivity contribution in [3.8, 4) is 0 Å². The molecule has 3 aliphatic rings. The number of nitrogens with zero attached hydrogens (tertiary/aromatic N) is 2. The summed E-state index contributed by atoms with van der Waals surface area (Å²) < 4.78 is 0. The van der Waals surface area contributed by atoms with E-state index in [4.69, 9.17) is 16.4 Å². The number of rotatable bonds is 3. The molecule has 0 aromatic heterocycles. The normalized spacial score (nSPS) is 25.3. The van der Waals surface area contributed by atoms with Crippen molar-refractivity contribution in [1.29, 1.82) is 0 Å². The smallest absolute Gasteiger partial charge is 0.273 e. The van der Waals surface area contributed by atoms with Crippen molar-refractivity contribution >= 4 is 34.8 Å². The van der Waals surface area contributed by atoms with Crippen LogP contribution in [0.3, 0.4) is 0 Å². The molecule has 1 aromatic rings. The largest absolute Gasteiger partial charge is 0.386 e. The maximum Gasteiger partial charge on any atom is 0.273 e. The van der Waals surface area contributed by atoms with E-state index in [2.05, 4.69) is 10.5 Å². The fourth-order valence-electron chi connectivity index (χ4n) is 4.53. The highest BCUT2D eigenvalue weighted by molar-refractivity contribution is 6.43. The summed E-state index contributed by atoms with van der Waals surface area (Å²) in [6.45, 7) is 1.28. The molecule has 4 rings (SSSR count). The summed E-state index contributed by atoms with van der Waals surface area (Å²) in [6, 6.07) is 7.00. The van der Waals surface area contributed by atoms with Crippen LogP contribution >= 0.6 is 11.6 Å². The third-order valence-corrected chi connectivity index (χ3v) is 6.22. The molecule has 2 heterocycles. The van der Waals surface area contributed by atoms with E-state index in [9.17, 15) is 9.59 Å². The zero-order chi connectivity index (χ0) is 19.6. The number of carbonyl (C=O) groups is 2. The standard InChI is InChI=1S/C21H26ClN3O3/c22-16-8-4-9-17(12-16)23-19(26)18-13-21(28-24-18)10-5-11-25(14-21)20(27)15-6-2-1-3-7-15/h4,8-9,12,15H,1-3,5-7,10-11,13-14H2,(H,23,26). The summed E-state index contributed by atoms with van der Waals surface area (Å²) in [5.74, 6) is 0.117. The number of oxime groups is 1. The van der Waals surface area contributed by atoms with Crippen LogP contribution in [0, 0.1) is 5.92 Å². The molecule has 2 amide bonds. The molecule has 1 saturated carbocycles. The molecule has 2 fully saturated rings. The molecule has 7 heteroatoms. The zero-order valence-corrected chi connectivity index (χ0v) is 16.7. The summed E-state index contributed by atoms with van der Waals surface area (Å²) in [5, 5.41) is 7.45. The maximum atomic E-state index is 12.9. The lowest BCUT2D eigenvalue weighted by Gasteiger charge is -2.40. The Kier molecular flexibility index (Phi) is 5.58. The van der Waals surface area contributed by atoms with E-state index in [1.165, 1.54) is 6.42 Å². The number of nitrogens with one attached hydrogen (secondary N) is 1. The van der Waals surface area contributed by atoms with Gasteiger partial charge in [0, 0.05) is 29.6 Å². The van der Waals surface area contributed by atoms with E-state index < -0.39 is 5.60 Å². The van der Waals surface area contributed by atoms with Gasteiger partial charge in [-0.25, -0.2) is 0 Å². The van der Waals surface area contributed by atoms with E-state index in [0.29, 0.717) is 29.4 Å². The van der Waals surface area contributed by atoms with Gasteiger partial charge in [0.25, 0.3) is 5.91 Å². The van der Waals surface area contributed by atoms with Gasteiger partial charge in [0.2, 0.25) is 5.91 Å². The fourth-order valence-corrected chi connectivity index (χ4v) is 4.72. The van der Waals surface area contributed by atoms with Gasteiger partial charge in [0.05, 0.1) is 6.54 Å². The summed E-state index contributed by atoms with van der Waals surface area (Å²) in [6.07, 6.45) is 7.60. The van der Waals surface area contributed by atoms with Crippen LogP contribution in [0.5, 0.6) is 0 Å². The highest BCUT2D eigenvalue weighted by atomic mass is 35.5.